The van der Waals surface area contributed by atoms with Gasteiger partial charge in [0.05, 0.1) is 11.6 Å². The molecule has 4 heteroatoms. The summed E-state index contributed by atoms with van der Waals surface area (Å²) in [6.45, 7) is 3.89. The highest BCUT2D eigenvalue weighted by Crippen LogP contribution is 2.57. The molecule has 3 atom stereocenters. The summed E-state index contributed by atoms with van der Waals surface area (Å²) in [5.41, 5.74) is 1.50. The molecule has 3 aromatic carbocycles. The van der Waals surface area contributed by atoms with E-state index in [1.165, 1.54) is 0 Å². The Hall–Kier alpha value is -2.90. The van der Waals surface area contributed by atoms with Crippen molar-refractivity contribution in [3.8, 4) is 0 Å². The molecule has 1 heterocycles. The summed E-state index contributed by atoms with van der Waals surface area (Å²) in [4.78, 5) is 13.2. The number of cyclic esters (lactones) is 1. The van der Waals surface area contributed by atoms with Crippen LogP contribution in [0.1, 0.15) is 19.4 Å². The highest BCUT2D eigenvalue weighted by molar-refractivity contribution is 7.79. The SMILES string of the molecule is C/C=C(\C)[C@H]1OC(=O)[C@H](Cc2ccccc2)[C@H]1P(=O)(c1ccccc1)c1ccccc1. The summed E-state index contributed by atoms with van der Waals surface area (Å²) < 4.78 is 21.1. The van der Waals surface area contributed by atoms with Crippen molar-refractivity contribution < 1.29 is 14.1 Å². The van der Waals surface area contributed by atoms with Crippen LogP contribution in [0.25, 0.3) is 0 Å². The maximum absolute atomic E-state index is 15.1. The maximum Gasteiger partial charge on any atom is 0.310 e. The monoisotopic (exact) mass is 430 g/mol. The lowest BCUT2D eigenvalue weighted by Gasteiger charge is -2.31. The zero-order valence-corrected chi connectivity index (χ0v) is 18.7. The van der Waals surface area contributed by atoms with Gasteiger partial charge >= 0.3 is 5.97 Å². The molecule has 158 valence electrons. The van der Waals surface area contributed by atoms with Crippen LogP contribution < -0.4 is 10.6 Å². The molecule has 0 saturated carbocycles. The Labute approximate surface area is 184 Å². The Balaban J connectivity index is 1.91. The van der Waals surface area contributed by atoms with E-state index in [0.29, 0.717) is 6.42 Å². The van der Waals surface area contributed by atoms with E-state index in [4.69, 9.17) is 4.74 Å². The van der Waals surface area contributed by atoms with Crippen molar-refractivity contribution >= 4 is 23.7 Å². The van der Waals surface area contributed by atoms with E-state index in [-0.39, 0.29) is 5.97 Å². The number of carbonyl (C=O) groups excluding carboxylic acids is 1. The number of benzene rings is 3. The van der Waals surface area contributed by atoms with E-state index in [9.17, 15) is 4.79 Å². The fourth-order valence-electron chi connectivity index (χ4n) is 4.47. The predicted molar refractivity (Wildman–Crippen MR) is 126 cm³/mol. The van der Waals surface area contributed by atoms with Crippen molar-refractivity contribution in [2.75, 3.05) is 0 Å². The number of rotatable bonds is 6. The average molecular weight is 430 g/mol. The summed E-state index contributed by atoms with van der Waals surface area (Å²) in [5, 5.41) is 1.52. The fourth-order valence-corrected chi connectivity index (χ4v) is 8.10. The Kier molecular flexibility index (Phi) is 6.25. The summed E-state index contributed by atoms with van der Waals surface area (Å²) in [6, 6.07) is 29.0. The minimum atomic E-state index is -3.21. The number of hydrogen-bond donors (Lipinski definition) is 0. The third kappa shape index (κ3) is 4.03. The van der Waals surface area contributed by atoms with Gasteiger partial charge in [0, 0.05) is 10.6 Å². The van der Waals surface area contributed by atoms with Gasteiger partial charge in [-0.25, -0.2) is 0 Å². The molecule has 0 amide bonds. The van der Waals surface area contributed by atoms with Crippen LogP contribution in [0.4, 0.5) is 0 Å². The molecule has 0 aliphatic carbocycles. The molecule has 0 spiro atoms. The molecule has 0 radical (unpaired) electrons. The third-order valence-corrected chi connectivity index (χ3v) is 9.77. The molecule has 0 aromatic heterocycles. The van der Waals surface area contributed by atoms with Gasteiger partial charge < -0.3 is 9.30 Å². The van der Waals surface area contributed by atoms with E-state index in [1.807, 2.05) is 111 Å². The van der Waals surface area contributed by atoms with E-state index in [2.05, 4.69) is 0 Å². The predicted octanol–water partition coefficient (Wildman–Crippen LogP) is 5.12. The van der Waals surface area contributed by atoms with Crippen LogP contribution in [0.3, 0.4) is 0 Å². The maximum atomic E-state index is 15.1. The first-order valence-corrected chi connectivity index (χ1v) is 12.4. The average Bonchev–Trinajstić information content (AvgIpc) is 3.16. The second kappa shape index (κ2) is 9.08. The van der Waals surface area contributed by atoms with Gasteiger partial charge in [-0.05, 0) is 31.4 Å². The van der Waals surface area contributed by atoms with E-state index >= 15 is 4.57 Å². The Morgan fingerprint density at radius 1 is 0.871 bits per heavy atom. The van der Waals surface area contributed by atoms with Crippen LogP contribution in [0.2, 0.25) is 0 Å². The molecular weight excluding hydrogens is 403 g/mol. The van der Waals surface area contributed by atoms with Crippen LogP contribution in [0, 0.1) is 5.92 Å². The van der Waals surface area contributed by atoms with Crippen molar-refractivity contribution in [1.29, 1.82) is 0 Å². The van der Waals surface area contributed by atoms with Crippen molar-refractivity contribution in [3.05, 3.63) is 108 Å². The number of allylic oxidation sites excluding steroid dienone is 1. The molecule has 4 rings (SSSR count). The molecule has 1 aliphatic heterocycles. The minimum Gasteiger partial charge on any atom is -0.457 e. The lowest BCUT2D eigenvalue weighted by molar-refractivity contribution is -0.143. The zero-order valence-electron chi connectivity index (χ0n) is 17.8. The van der Waals surface area contributed by atoms with Gasteiger partial charge in [-0.3, -0.25) is 4.79 Å². The van der Waals surface area contributed by atoms with Crippen molar-refractivity contribution in [3.63, 3.8) is 0 Å². The first-order chi connectivity index (χ1) is 15.1. The number of carbonyl (C=O) groups is 1. The van der Waals surface area contributed by atoms with E-state index in [0.717, 1.165) is 21.7 Å². The van der Waals surface area contributed by atoms with Gasteiger partial charge in [0.25, 0.3) is 0 Å². The van der Waals surface area contributed by atoms with E-state index < -0.39 is 24.8 Å². The lowest BCUT2D eigenvalue weighted by atomic mass is 9.93. The van der Waals surface area contributed by atoms with Gasteiger partial charge in [0.1, 0.15) is 6.10 Å². The quantitative estimate of drug-likeness (QED) is 0.310. The Morgan fingerprint density at radius 2 is 1.35 bits per heavy atom. The van der Waals surface area contributed by atoms with Crippen LogP contribution >= 0.6 is 7.14 Å². The number of hydrogen-bond acceptors (Lipinski definition) is 3. The molecular formula is C27H27O3P. The van der Waals surface area contributed by atoms with Gasteiger partial charge in [-0.1, -0.05) is 97.1 Å². The second-order valence-electron chi connectivity index (χ2n) is 8.01. The Morgan fingerprint density at radius 3 is 1.84 bits per heavy atom. The van der Waals surface area contributed by atoms with Gasteiger partial charge in [-0.2, -0.15) is 0 Å². The molecule has 0 unspecified atom stereocenters. The van der Waals surface area contributed by atoms with Gasteiger partial charge in [0.2, 0.25) is 0 Å². The van der Waals surface area contributed by atoms with E-state index in [1.54, 1.807) is 0 Å². The molecule has 0 bridgehead atoms. The van der Waals surface area contributed by atoms with Gasteiger partial charge in [-0.15, -0.1) is 0 Å². The second-order valence-corrected chi connectivity index (χ2v) is 11.0. The first-order valence-electron chi connectivity index (χ1n) is 10.6. The number of esters is 1. The fraction of sp³-hybridized carbons (Fsp3) is 0.222. The van der Waals surface area contributed by atoms with Crippen LogP contribution in [-0.2, 0) is 20.5 Å². The summed E-state index contributed by atoms with van der Waals surface area (Å²) >= 11 is 0. The molecule has 31 heavy (non-hydrogen) atoms. The van der Waals surface area contributed by atoms with Crippen molar-refractivity contribution in [1.82, 2.24) is 0 Å². The molecule has 0 N–H and O–H groups in total. The smallest absolute Gasteiger partial charge is 0.310 e. The summed E-state index contributed by atoms with van der Waals surface area (Å²) in [5.74, 6) is -0.763. The molecule has 3 nitrogen and oxygen atoms in total. The van der Waals surface area contributed by atoms with Crippen LogP contribution in [0.5, 0.6) is 0 Å². The first kappa shape index (κ1) is 21.3. The summed E-state index contributed by atoms with van der Waals surface area (Å²) in [7, 11) is -3.21. The molecule has 3 aromatic rings. The largest absolute Gasteiger partial charge is 0.457 e. The van der Waals surface area contributed by atoms with Crippen molar-refractivity contribution in [2.24, 2.45) is 5.92 Å². The summed E-state index contributed by atoms with van der Waals surface area (Å²) in [6.07, 6.45) is 1.94. The number of ether oxygens (including phenoxy) is 1. The standard InChI is InChI=1S/C27H27O3P/c1-3-20(2)25-26(24(27(28)30-25)19-21-13-7-4-8-14-21)31(29,22-15-9-5-10-16-22)23-17-11-6-12-18-23/h3-18,24-26H,19H2,1-2H3/b20-3+/t24-,25-,26-/m1/s1. The minimum absolute atomic E-state index is 0.271. The topological polar surface area (TPSA) is 43.4 Å². The lowest BCUT2D eigenvalue weighted by Crippen LogP contribution is -2.37. The molecule has 1 aliphatic rings. The highest BCUT2D eigenvalue weighted by Gasteiger charge is 2.55. The van der Waals surface area contributed by atoms with Crippen LogP contribution in [-0.4, -0.2) is 17.7 Å². The molecule has 1 saturated heterocycles. The normalized spacial score (nSPS) is 21.7. The third-order valence-electron chi connectivity index (χ3n) is 6.17. The zero-order chi connectivity index (χ0) is 21.8. The highest BCUT2D eigenvalue weighted by atomic mass is 31.2. The van der Waals surface area contributed by atoms with Gasteiger partial charge in [0.15, 0.2) is 7.14 Å². The molecule has 1 fully saturated rings. The van der Waals surface area contributed by atoms with Crippen molar-refractivity contribution in [2.45, 2.75) is 32.0 Å². The Bertz CT molecular complexity index is 1060. The van der Waals surface area contributed by atoms with Crippen LogP contribution in [0.15, 0.2) is 103 Å².